The highest BCUT2D eigenvalue weighted by Gasteiger charge is 2.26. The summed E-state index contributed by atoms with van der Waals surface area (Å²) in [6.45, 7) is 5.42. The van der Waals surface area contributed by atoms with Crippen molar-refractivity contribution in [2.45, 2.75) is 38.8 Å². The first kappa shape index (κ1) is 18.1. The number of nitrogens with two attached hydrogens (primary N) is 1. The highest BCUT2D eigenvalue weighted by Crippen LogP contribution is 2.27. The fourth-order valence-corrected chi connectivity index (χ4v) is 2.93. The minimum absolute atomic E-state index is 0.00416. The van der Waals surface area contributed by atoms with Crippen molar-refractivity contribution < 1.29 is 4.79 Å². The maximum Gasteiger partial charge on any atom is 0.233 e. The van der Waals surface area contributed by atoms with Crippen molar-refractivity contribution in [3.8, 4) is 0 Å². The maximum absolute atomic E-state index is 11.8. The van der Waals surface area contributed by atoms with Gasteiger partial charge in [0.05, 0.1) is 12.6 Å². The highest BCUT2D eigenvalue weighted by atomic mass is 79.9. The number of nitrogens with zero attached hydrogens (tertiary/aromatic N) is 1. The average Bonchev–Trinajstić information content (AvgIpc) is 2.47. The monoisotopic (exact) mass is 355 g/mol. The number of carbonyl (C=O) groups excluding carboxylic acids is 1. The smallest absolute Gasteiger partial charge is 0.233 e. The second kappa shape index (κ2) is 9.18. The summed E-state index contributed by atoms with van der Waals surface area (Å²) in [6, 6.07) is 8.23. The van der Waals surface area contributed by atoms with Crippen molar-refractivity contribution in [1.82, 2.24) is 10.2 Å². The zero-order chi connectivity index (χ0) is 15.8. The van der Waals surface area contributed by atoms with Crippen LogP contribution in [0.5, 0.6) is 0 Å². The molecule has 118 valence electrons. The van der Waals surface area contributed by atoms with Crippen molar-refractivity contribution in [2.75, 3.05) is 20.1 Å². The van der Waals surface area contributed by atoms with Crippen LogP contribution in [0.4, 0.5) is 0 Å². The Morgan fingerprint density at radius 1 is 1.43 bits per heavy atom. The molecule has 1 aromatic carbocycles. The van der Waals surface area contributed by atoms with Gasteiger partial charge in [-0.1, -0.05) is 41.9 Å². The molecule has 3 N–H and O–H groups in total. The molecule has 0 aliphatic carbocycles. The van der Waals surface area contributed by atoms with E-state index in [0.29, 0.717) is 6.54 Å². The predicted molar refractivity (Wildman–Crippen MR) is 91.1 cm³/mol. The molecule has 0 heterocycles. The molecule has 5 heteroatoms. The van der Waals surface area contributed by atoms with Gasteiger partial charge in [-0.05, 0) is 37.1 Å². The maximum atomic E-state index is 11.8. The van der Waals surface area contributed by atoms with E-state index in [0.717, 1.165) is 29.4 Å². The fourth-order valence-electron chi connectivity index (χ4n) is 2.51. The molecule has 21 heavy (non-hydrogen) atoms. The molecule has 1 rings (SSSR count). The Hall–Kier alpha value is -0.910. The molecule has 0 aromatic heterocycles. The third-order valence-electron chi connectivity index (χ3n) is 3.60. The van der Waals surface area contributed by atoms with Crippen molar-refractivity contribution in [2.24, 2.45) is 5.73 Å². The number of amides is 1. The molecule has 0 saturated heterocycles. The van der Waals surface area contributed by atoms with Gasteiger partial charge in [-0.15, -0.1) is 0 Å². The molecule has 2 atom stereocenters. The quantitative estimate of drug-likeness (QED) is 0.753. The zero-order valence-electron chi connectivity index (χ0n) is 13.1. The average molecular weight is 356 g/mol. The number of halogens is 1. The number of nitrogens with one attached hydrogen (secondary N) is 1. The lowest BCUT2D eigenvalue weighted by Crippen LogP contribution is -2.45. The van der Waals surface area contributed by atoms with Crippen LogP contribution in [0.3, 0.4) is 0 Å². The van der Waals surface area contributed by atoms with Crippen LogP contribution in [0.15, 0.2) is 28.7 Å². The van der Waals surface area contributed by atoms with E-state index in [1.54, 1.807) is 7.05 Å². The van der Waals surface area contributed by atoms with Crippen molar-refractivity contribution in [3.63, 3.8) is 0 Å². The Morgan fingerprint density at radius 2 is 2.14 bits per heavy atom. The second-order valence-corrected chi connectivity index (χ2v) is 6.13. The lowest BCUT2D eigenvalue weighted by Gasteiger charge is -2.35. The first-order valence-electron chi connectivity index (χ1n) is 7.49. The molecule has 0 aliphatic rings. The summed E-state index contributed by atoms with van der Waals surface area (Å²) in [5.41, 5.74) is 7.51. The lowest BCUT2D eigenvalue weighted by molar-refractivity contribution is -0.122. The van der Waals surface area contributed by atoms with Crippen LogP contribution in [-0.4, -0.2) is 37.0 Å². The molecule has 4 nitrogen and oxygen atoms in total. The third kappa shape index (κ3) is 5.41. The second-order valence-electron chi connectivity index (χ2n) is 5.22. The van der Waals surface area contributed by atoms with E-state index in [4.69, 9.17) is 5.73 Å². The minimum atomic E-state index is -0.00416. The van der Waals surface area contributed by atoms with Crippen LogP contribution >= 0.6 is 15.9 Å². The Morgan fingerprint density at radius 3 is 2.67 bits per heavy atom. The van der Waals surface area contributed by atoms with Gasteiger partial charge in [-0.25, -0.2) is 0 Å². The van der Waals surface area contributed by atoms with E-state index < -0.39 is 0 Å². The third-order valence-corrected chi connectivity index (χ3v) is 4.09. The van der Waals surface area contributed by atoms with Gasteiger partial charge in [0.2, 0.25) is 5.91 Å². The Bertz CT molecular complexity index is 453. The summed E-state index contributed by atoms with van der Waals surface area (Å²) in [5.74, 6) is 0.0201. The van der Waals surface area contributed by atoms with Crippen LogP contribution < -0.4 is 11.1 Å². The summed E-state index contributed by atoms with van der Waals surface area (Å²) < 4.78 is 1.03. The summed E-state index contributed by atoms with van der Waals surface area (Å²) in [6.07, 6.45) is 1.85. The Labute approximate surface area is 136 Å². The van der Waals surface area contributed by atoms with Crippen LogP contribution in [-0.2, 0) is 4.79 Å². The molecule has 2 unspecified atom stereocenters. The number of benzene rings is 1. The zero-order valence-corrected chi connectivity index (χ0v) is 14.7. The first-order chi connectivity index (χ1) is 10.0. The number of hydrogen-bond acceptors (Lipinski definition) is 3. The number of rotatable bonds is 8. The SMILES string of the molecule is CCCN(CC(=O)NC)C(c1cccc(Br)c1)C(N)CC. The molecule has 0 fully saturated rings. The van der Waals surface area contributed by atoms with E-state index in [1.165, 1.54) is 0 Å². The van der Waals surface area contributed by atoms with Gasteiger partial charge in [0, 0.05) is 17.6 Å². The number of likely N-dealkylation sites (N-methyl/N-ethyl adjacent to an activating group) is 1. The van der Waals surface area contributed by atoms with E-state index in [1.807, 2.05) is 12.1 Å². The van der Waals surface area contributed by atoms with E-state index >= 15 is 0 Å². The molecule has 0 bridgehead atoms. The topological polar surface area (TPSA) is 58.4 Å². The number of hydrogen-bond donors (Lipinski definition) is 2. The van der Waals surface area contributed by atoms with Gasteiger partial charge in [-0.2, -0.15) is 0 Å². The molecular formula is C16H26BrN3O. The molecule has 0 saturated carbocycles. The first-order valence-corrected chi connectivity index (χ1v) is 8.28. The summed E-state index contributed by atoms with van der Waals surface area (Å²) >= 11 is 3.52. The van der Waals surface area contributed by atoms with Gasteiger partial charge in [0.15, 0.2) is 0 Å². The molecule has 0 spiro atoms. The van der Waals surface area contributed by atoms with E-state index in [-0.39, 0.29) is 18.0 Å². The van der Waals surface area contributed by atoms with Gasteiger partial charge < -0.3 is 11.1 Å². The summed E-state index contributed by atoms with van der Waals surface area (Å²) in [4.78, 5) is 14.0. The van der Waals surface area contributed by atoms with Crippen molar-refractivity contribution in [3.05, 3.63) is 34.3 Å². The minimum Gasteiger partial charge on any atom is -0.358 e. The predicted octanol–water partition coefficient (Wildman–Crippen LogP) is 2.69. The van der Waals surface area contributed by atoms with Crippen LogP contribution in [0, 0.1) is 0 Å². The molecular weight excluding hydrogens is 330 g/mol. The lowest BCUT2D eigenvalue weighted by atomic mass is 9.96. The van der Waals surface area contributed by atoms with Crippen LogP contribution in [0.25, 0.3) is 0 Å². The van der Waals surface area contributed by atoms with Crippen molar-refractivity contribution in [1.29, 1.82) is 0 Å². The van der Waals surface area contributed by atoms with Crippen LogP contribution in [0.1, 0.15) is 38.3 Å². The van der Waals surface area contributed by atoms with Gasteiger partial charge >= 0.3 is 0 Å². The van der Waals surface area contributed by atoms with Crippen LogP contribution in [0.2, 0.25) is 0 Å². The normalized spacial score (nSPS) is 14.0. The van der Waals surface area contributed by atoms with Crippen molar-refractivity contribution >= 4 is 21.8 Å². The standard InChI is InChI=1S/C16H26BrN3O/c1-4-9-20(11-15(21)19-3)16(14(18)5-2)12-7-6-8-13(17)10-12/h6-8,10,14,16H,4-5,9,11,18H2,1-3H3,(H,19,21). The Kier molecular flexibility index (Phi) is 7.93. The number of carbonyl (C=O) groups is 1. The molecule has 1 aromatic rings. The van der Waals surface area contributed by atoms with Gasteiger partial charge in [0.1, 0.15) is 0 Å². The summed E-state index contributed by atoms with van der Waals surface area (Å²) in [5, 5.41) is 2.70. The molecule has 0 aliphatic heterocycles. The van der Waals surface area contributed by atoms with Gasteiger partial charge in [0.25, 0.3) is 0 Å². The highest BCUT2D eigenvalue weighted by molar-refractivity contribution is 9.10. The largest absolute Gasteiger partial charge is 0.358 e. The molecule has 1 amide bonds. The van der Waals surface area contributed by atoms with E-state index in [9.17, 15) is 4.79 Å². The summed E-state index contributed by atoms with van der Waals surface area (Å²) in [7, 11) is 1.67. The molecule has 0 radical (unpaired) electrons. The Balaban J connectivity index is 3.10. The van der Waals surface area contributed by atoms with Gasteiger partial charge in [-0.3, -0.25) is 9.69 Å². The fraction of sp³-hybridized carbons (Fsp3) is 0.562. The van der Waals surface area contributed by atoms with E-state index in [2.05, 4.69) is 52.1 Å².